The molecule has 3 rings (SSSR count). The Bertz CT molecular complexity index is 707. The molecule has 0 spiro atoms. The number of amides is 4. The monoisotopic (exact) mass is 331 g/mol. The fraction of sp³-hybridized carbons (Fsp3) is 0.353. The zero-order valence-electron chi connectivity index (χ0n) is 13.0. The third-order valence-corrected chi connectivity index (χ3v) is 4.22. The van der Waals surface area contributed by atoms with E-state index in [1.54, 1.807) is 11.0 Å². The molecule has 0 saturated carbocycles. The Morgan fingerprint density at radius 2 is 2.04 bits per heavy atom. The van der Waals surface area contributed by atoms with E-state index in [0.717, 1.165) is 11.1 Å². The second-order valence-electron chi connectivity index (χ2n) is 5.96. The first-order valence-electron chi connectivity index (χ1n) is 7.85. The summed E-state index contributed by atoms with van der Waals surface area (Å²) in [5.74, 6) is -0.881. The Labute approximate surface area is 138 Å². The minimum Gasteiger partial charge on any atom is -0.342 e. The van der Waals surface area contributed by atoms with Gasteiger partial charge in [0.15, 0.2) is 0 Å². The van der Waals surface area contributed by atoms with Gasteiger partial charge in [0.1, 0.15) is 11.9 Å². The Morgan fingerprint density at radius 1 is 1.29 bits per heavy atom. The molecule has 0 bridgehead atoms. The van der Waals surface area contributed by atoms with Crippen LogP contribution in [0.5, 0.6) is 0 Å². The lowest BCUT2D eigenvalue weighted by Gasteiger charge is -2.29. The Morgan fingerprint density at radius 3 is 2.67 bits per heavy atom. The molecular formula is C17H18FN3O3. The highest BCUT2D eigenvalue weighted by Crippen LogP contribution is 2.20. The summed E-state index contributed by atoms with van der Waals surface area (Å²) in [6.45, 7) is 1.12. The van der Waals surface area contributed by atoms with Crippen LogP contribution >= 0.6 is 0 Å². The number of nitrogens with one attached hydrogen (secondary N) is 2. The van der Waals surface area contributed by atoms with Crippen molar-refractivity contribution in [3.63, 3.8) is 0 Å². The molecule has 7 heteroatoms. The van der Waals surface area contributed by atoms with Crippen LogP contribution in [0.3, 0.4) is 0 Å². The van der Waals surface area contributed by atoms with Gasteiger partial charge in [-0.1, -0.05) is 23.8 Å². The van der Waals surface area contributed by atoms with Crippen molar-refractivity contribution in [2.75, 3.05) is 13.1 Å². The first-order chi connectivity index (χ1) is 11.5. The molecule has 1 aromatic carbocycles. The number of rotatable bonds is 3. The van der Waals surface area contributed by atoms with Crippen LogP contribution in [0.25, 0.3) is 6.08 Å². The van der Waals surface area contributed by atoms with Crippen LogP contribution in [0, 0.1) is 5.82 Å². The molecule has 2 fully saturated rings. The maximum absolute atomic E-state index is 13.2. The number of nitrogens with zero attached hydrogens (tertiary/aromatic N) is 1. The lowest BCUT2D eigenvalue weighted by molar-refractivity contribution is -0.134. The summed E-state index contributed by atoms with van der Waals surface area (Å²) in [5, 5.41) is 4.54. The Balaban J connectivity index is 1.54. The number of carbonyl (C=O) groups excluding carboxylic acids is 3. The molecule has 0 aliphatic carbocycles. The van der Waals surface area contributed by atoms with Gasteiger partial charge in [0.05, 0.1) is 6.42 Å². The van der Waals surface area contributed by atoms with Crippen LogP contribution in [-0.4, -0.2) is 41.9 Å². The standard InChI is InChI=1S/C17H18FN3O3/c18-13-3-1-2-12(9-13)8-11-4-6-21(7-5-11)15(22)10-14-16(23)20-17(24)19-14/h1-3,8-9,14H,4-7,10H2,(H2,19,20,23,24)/t14-/m1/s1. The van der Waals surface area contributed by atoms with Crippen molar-refractivity contribution in [2.24, 2.45) is 0 Å². The lowest BCUT2D eigenvalue weighted by Crippen LogP contribution is -2.41. The minimum absolute atomic E-state index is 0.0273. The van der Waals surface area contributed by atoms with Crippen molar-refractivity contribution in [1.29, 1.82) is 0 Å². The molecule has 1 aromatic rings. The van der Waals surface area contributed by atoms with Crippen molar-refractivity contribution in [3.8, 4) is 0 Å². The van der Waals surface area contributed by atoms with Gasteiger partial charge in [-0.2, -0.15) is 0 Å². The number of carbonyl (C=O) groups is 3. The molecule has 2 saturated heterocycles. The molecule has 2 aliphatic rings. The van der Waals surface area contributed by atoms with Gasteiger partial charge in [-0.05, 0) is 30.5 Å². The molecule has 0 radical (unpaired) electrons. The first-order valence-corrected chi connectivity index (χ1v) is 7.85. The molecule has 0 unspecified atom stereocenters. The Kier molecular flexibility index (Phi) is 4.59. The average molecular weight is 331 g/mol. The lowest BCUT2D eigenvalue weighted by atomic mass is 10.00. The molecule has 4 amide bonds. The van der Waals surface area contributed by atoms with Crippen LogP contribution in [0.2, 0.25) is 0 Å². The van der Waals surface area contributed by atoms with Gasteiger partial charge in [0.2, 0.25) is 5.91 Å². The number of halogens is 1. The second-order valence-corrected chi connectivity index (χ2v) is 5.96. The number of benzene rings is 1. The number of piperidine rings is 1. The predicted molar refractivity (Wildman–Crippen MR) is 85.3 cm³/mol. The highest BCUT2D eigenvalue weighted by molar-refractivity contribution is 6.05. The van der Waals surface area contributed by atoms with E-state index in [1.807, 2.05) is 12.1 Å². The van der Waals surface area contributed by atoms with Gasteiger partial charge < -0.3 is 10.2 Å². The zero-order valence-corrected chi connectivity index (χ0v) is 13.0. The maximum atomic E-state index is 13.2. The number of hydrogen-bond donors (Lipinski definition) is 2. The SMILES string of the molecule is O=C1NC(=O)[C@@H](CC(=O)N2CCC(=Cc3cccc(F)c3)CC2)N1. The second kappa shape index (κ2) is 6.82. The minimum atomic E-state index is -0.783. The summed E-state index contributed by atoms with van der Waals surface area (Å²) in [4.78, 5) is 36.5. The largest absolute Gasteiger partial charge is 0.342 e. The molecule has 2 aliphatic heterocycles. The predicted octanol–water partition coefficient (Wildman–Crippen LogP) is 1.43. The summed E-state index contributed by atoms with van der Waals surface area (Å²) in [5.41, 5.74) is 1.98. The Hall–Kier alpha value is -2.70. The van der Waals surface area contributed by atoms with E-state index in [-0.39, 0.29) is 18.1 Å². The normalized spacial score (nSPS) is 20.6. The van der Waals surface area contributed by atoms with Crippen LogP contribution < -0.4 is 10.6 Å². The van der Waals surface area contributed by atoms with Gasteiger partial charge in [0.25, 0.3) is 5.91 Å². The van der Waals surface area contributed by atoms with Crippen molar-refractivity contribution >= 4 is 23.9 Å². The van der Waals surface area contributed by atoms with Crippen LogP contribution in [-0.2, 0) is 9.59 Å². The summed E-state index contributed by atoms with van der Waals surface area (Å²) in [6.07, 6.45) is 3.35. The maximum Gasteiger partial charge on any atom is 0.322 e. The van der Waals surface area contributed by atoms with Crippen molar-refractivity contribution < 1.29 is 18.8 Å². The van der Waals surface area contributed by atoms with Crippen LogP contribution in [0.4, 0.5) is 9.18 Å². The smallest absolute Gasteiger partial charge is 0.322 e. The van der Waals surface area contributed by atoms with Crippen molar-refractivity contribution in [2.45, 2.75) is 25.3 Å². The molecule has 1 atom stereocenters. The molecule has 0 aromatic heterocycles. The van der Waals surface area contributed by atoms with Gasteiger partial charge >= 0.3 is 6.03 Å². The summed E-state index contributed by atoms with van der Waals surface area (Å²) in [6, 6.07) is 5.05. The molecule has 6 nitrogen and oxygen atoms in total. The molecule has 24 heavy (non-hydrogen) atoms. The topological polar surface area (TPSA) is 78.5 Å². The van der Waals surface area contributed by atoms with E-state index in [9.17, 15) is 18.8 Å². The van der Waals surface area contributed by atoms with Crippen molar-refractivity contribution in [1.82, 2.24) is 15.5 Å². The molecule has 126 valence electrons. The fourth-order valence-corrected chi connectivity index (χ4v) is 2.93. The first kappa shape index (κ1) is 16.2. The molecular weight excluding hydrogens is 313 g/mol. The van der Waals surface area contributed by atoms with E-state index >= 15 is 0 Å². The highest BCUT2D eigenvalue weighted by Gasteiger charge is 2.33. The van der Waals surface area contributed by atoms with E-state index in [0.29, 0.717) is 25.9 Å². The highest BCUT2D eigenvalue weighted by atomic mass is 19.1. The third-order valence-electron chi connectivity index (χ3n) is 4.22. The van der Waals surface area contributed by atoms with E-state index in [4.69, 9.17) is 0 Å². The number of likely N-dealkylation sites (tertiary alicyclic amines) is 1. The van der Waals surface area contributed by atoms with Crippen LogP contribution in [0.1, 0.15) is 24.8 Å². The summed E-state index contributed by atoms with van der Waals surface area (Å²) in [7, 11) is 0. The van der Waals surface area contributed by atoms with Gasteiger partial charge in [-0.15, -0.1) is 0 Å². The van der Waals surface area contributed by atoms with E-state index in [2.05, 4.69) is 10.6 Å². The summed E-state index contributed by atoms with van der Waals surface area (Å²) < 4.78 is 13.2. The van der Waals surface area contributed by atoms with Gasteiger partial charge in [-0.25, -0.2) is 9.18 Å². The molecule has 2 N–H and O–H groups in total. The third kappa shape index (κ3) is 3.79. The van der Waals surface area contributed by atoms with E-state index in [1.165, 1.54) is 12.1 Å². The number of hydrogen-bond acceptors (Lipinski definition) is 3. The number of urea groups is 1. The zero-order chi connectivity index (χ0) is 17.1. The fourth-order valence-electron chi connectivity index (χ4n) is 2.93. The average Bonchev–Trinajstić information content (AvgIpc) is 2.85. The summed E-state index contributed by atoms with van der Waals surface area (Å²) >= 11 is 0. The van der Waals surface area contributed by atoms with Gasteiger partial charge in [0, 0.05) is 13.1 Å². The van der Waals surface area contributed by atoms with Crippen molar-refractivity contribution in [3.05, 3.63) is 41.2 Å². The van der Waals surface area contributed by atoms with E-state index < -0.39 is 18.0 Å². The van der Waals surface area contributed by atoms with Gasteiger partial charge in [-0.3, -0.25) is 14.9 Å². The number of imide groups is 1. The van der Waals surface area contributed by atoms with Crippen LogP contribution in [0.15, 0.2) is 29.8 Å². The molecule has 2 heterocycles. The quantitative estimate of drug-likeness (QED) is 0.823.